The van der Waals surface area contributed by atoms with Gasteiger partial charge in [-0.25, -0.2) is 13.6 Å². The highest BCUT2D eigenvalue weighted by Crippen LogP contribution is 2.29. The number of piperidine rings is 1. The molecular weight excluding hydrogens is 270 g/mol. The van der Waals surface area contributed by atoms with Gasteiger partial charge in [0.05, 0.1) is 12.0 Å². The van der Waals surface area contributed by atoms with Gasteiger partial charge in [0.1, 0.15) is 6.61 Å². The van der Waals surface area contributed by atoms with Crippen molar-refractivity contribution in [1.82, 2.24) is 4.90 Å². The minimum atomic E-state index is -3.43. The maximum atomic E-state index is 12.8. The molecule has 5 nitrogen and oxygen atoms in total. The molecule has 0 spiro atoms. The zero-order valence-electron chi connectivity index (χ0n) is 11.7. The van der Waals surface area contributed by atoms with E-state index >= 15 is 0 Å². The summed E-state index contributed by atoms with van der Waals surface area (Å²) in [7, 11) is 0. The second kappa shape index (κ2) is 6.84. The number of alkyl halides is 2. The first-order valence-corrected chi connectivity index (χ1v) is 6.60. The van der Waals surface area contributed by atoms with Crippen LogP contribution in [-0.4, -0.2) is 48.3 Å². The monoisotopic (exact) mass is 290 g/mol. The Morgan fingerprint density at radius 3 is 2.75 bits per heavy atom. The molecule has 20 heavy (non-hydrogen) atoms. The fraction of sp³-hybridized carbons (Fsp3) is 0.846. The molecule has 2 unspecified atom stereocenters. The highest BCUT2D eigenvalue weighted by Gasteiger charge is 2.35. The van der Waals surface area contributed by atoms with E-state index in [4.69, 9.17) is 10.4 Å². The van der Waals surface area contributed by atoms with Crippen LogP contribution in [-0.2, 0) is 4.74 Å². The summed E-state index contributed by atoms with van der Waals surface area (Å²) in [5.41, 5.74) is 0. The Morgan fingerprint density at radius 2 is 2.25 bits per heavy atom. The number of nitriles is 1. The van der Waals surface area contributed by atoms with Crippen molar-refractivity contribution in [2.75, 3.05) is 26.3 Å². The molecule has 1 aliphatic heterocycles. The molecule has 1 fully saturated rings. The SMILES string of the molecule is CC(C)C1CCN(C(=O)OCC(F)(F)CO)CC1C#N. The Hall–Kier alpha value is -1.42. The van der Waals surface area contributed by atoms with E-state index in [1.54, 1.807) is 0 Å². The maximum absolute atomic E-state index is 12.8. The summed E-state index contributed by atoms with van der Waals surface area (Å²) in [6.45, 7) is 2.11. The number of ether oxygens (including phenoxy) is 1. The van der Waals surface area contributed by atoms with E-state index in [1.165, 1.54) is 4.90 Å². The number of aliphatic hydroxyl groups excluding tert-OH is 1. The zero-order valence-corrected chi connectivity index (χ0v) is 11.7. The molecule has 1 N–H and O–H groups in total. The number of nitrogens with zero attached hydrogens (tertiary/aromatic N) is 2. The third-order valence-electron chi connectivity index (χ3n) is 3.58. The number of carbonyl (C=O) groups excluding carboxylic acids is 1. The van der Waals surface area contributed by atoms with E-state index in [0.29, 0.717) is 18.9 Å². The molecule has 1 aliphatic rings. The van der Waals surface area contributed by atoms with Crippen LogP contribution in [0.25, 0.3) is 0 Å². The van der Waals surface area contributed by atoms with Gasteiger partial charge in [-0.15, -0.1) is 0 Å². The predicted molar refractivity (Wildman–Crippen MR) is 67.0 cm³/mol. The summed E-state index contributed by atoms with van der Waals surface area (Å²) in [6, 6.07) is 2.17. The Morgan fingerprint density at radius 1 is 1.60 bits per heavy atom. The van der Waals surface area contributed by atoms with Crippen molar-refractivity contribution >= 4 is 6.09 Å². The van der Waals surface area contributed by atoms with E-state index < -0.39 is 25.2 Å². The molecule has 0 radical (unpaired) electrons. The van der Waals surface area contributed by atoms with Gasteiger partial charge < -0.3 is 14.7 Å². The van der Waals surface area contributed by atoms with Crippen molar-refractivity contribution in [3.63, 3.8) is 0 Å². The molecule has 0 saturated carbocycles. The predicted octanol–water partition coefficient (Wildman–Crippen LogP) is 1.87. The van der Waals surface area contributed by atoms with Gasteiger partial charge in [0, 0.05) is 13.1 Å². The quantitative estimate of drug-likeness (QED) is 0.857. The van der Waals surface area contributed by atoms with Crippen LogP contribution >= 0.6 is 0 Å². The number of halogens is 2. The van der Waals surface area contributed by atoms with Crippen molar-refractivity contribution in [3.05, 3.63) is 0 Å². The summed E-state index contributed by atoms with van der Waals surface area (Å²) in [4.78, 5) is 13.0. The lowest BCUT2D eigenvalue weighted by molar-refractivity contribution is -0.0944. The fourth-order valence-electron chi connectivity index (χ4n) is 2.37. The number of hydrogen-bond donors (Lipinski definition) is 1. The minimum absolute atomic E-state index is 0.197. The molecule has 0 bridgehead atoms. The van der Waals surface area contributed by atoms with Crippen LogP contribution in [0.2, 0.25) is 0 Å². The molecule has 1 saturated heterocycles. The maximum Gasteiger partial charge on any atom is 0.410 e. The summed E-state index contributed by atoms with van der Waals surface area (Å²) >= 11 is 0. The Kier molecular flexibility index (Phi) is 5.69. The van der Waals surface area contributed by atoms with Gasteiger partial charge in [0.15, 0.2) is 6.61 Å². The van der Waals surface area contributed by atoms with Crippen molar-refractivity contribution < 1.29 is 23.4 Å². The van der Waals surface area contributed by atoms with Crippen LogP contribution in [0.3, 0.4) is 0 Å². The van der Waals surface area contributed by atoms with Crippen LogP contribution in [0.4, 0.5) is 13.6 Å². The first-order valence-electron chi connectivity index (χ1n) is 6.60. The van der Waals surface area contributed by atoms with Crippen LogP contribution in [0.1, 0.15) is 20.3 Å². The molecule has 1 rings (SSSR count). The van der Waals surface area contributed by atoms with E-state index in [2.05, 4.69) is 10.8 Å². The number of carbonyl (C=O) groups is 1. The summed E-state index contributed by atoms with van der Waals surface area (Å²) in [6.07, 6.45) is -0.206. The van der Waals surface area contributed by atoms with Gasteiger partial charge in [-0.3, -0.25) is 0 Å². The molecule has 0 aliphatic carbocycles. The van der Waals surface area contributed by atoms with Crippen LogP contribution in [0, 0.1) is 29.1 Å². The topological polar surface area (TPSA) is 73.6 Å². The third kappa shape index (κ3) is 4.30. The molecule has 0 aromatic carbocycles. The van der Waals surface area contributed by atoms with Gasteiger partial charge in [0.2, 0.25) is 0 Å². The Bertz CT molecular complexity index is 382. The van der Waals surface area contributed by atoms with Gasteiger partial charge in [0.25, 0.3) is 0 Å². The average molecular weight is 290 g/mol. The standard InChI is InChI=1S/C13H20F2N2O3/c1-9(2)11-3-4-17(6-10(11)5-16)12(19)20-8-13(14,15)7-18/h9-11,18H,3-4,6-8H2,1-2H3. The number of hydrogen-bond acceptors (Lipinski definition) is 4. The molecule has 1 heterocycles. The van der Waals surface area contributed by atoms with Gasteiger partial charge in [-0.1, -0.05) is 13.8 Å². The highest BCUT2D eigenvalue weighted by molar-refractivity contribution is 5.67. The summed E-state index contributed by atoms with van der Waals surface area (Å²) in [5.74, 6) is -3.21. The molecule has 2 atom stereocenters. The van der Waals surface area contributed by atoms with Crippen LogP contribution < -0.4 is 0 Å². The number of aliphatic hydroxyl groups is 1. The normalized spacial score (nSPS) is 23.6. The molecule has 114 valence electrons. The second-order valence-corrected chi connectivity index (χ2v) is 5.45. The first kappa shape index (κ1) is 16.6. The summed E-state index contributed by atoms with van der Waals surface area (Å²) in [5, 5.41) is 17.5. The van der Waals surface area contributed by atoms with Gasteiger partial charge in [-0.05, 0) is 18.3 Å². The third-order valence-corrected chi connectivity index (χ3v) is 3.58. The molecule has 1 amide bonds. The lowest BCUT2D eigenvalue weighted by Gasteiger charge is -2.36. The molecule has 7 heteroatoms. The van der Waals surface area contributed by atoms with Crippen molar-refractivity contribution in [2.45, 2.75) is 26.2 Å². The highest BCUT2D eigenvalue weighted by atomic mass is 19.3. The Labute approximate surface area is 117 Å². The van der Waals surface area contributed by atoms with E-state index in [0.717, 1.165) is 0 Å². The lowest BCUT2D eigenvalue weighted by Crippen LogP contribution is -2.45. The van der Waals surface area contributed by atoms with Gasteiger partial charge >= 0.3 is 12.0 Å². The largest absolute Gasteiger partial charge is 0.443 e. The van der Waals surface area contributed by atoms with E-state index in [1.807, 2.05) is 13.8 Å². The van der Waals surface area contributed by atoms with Crippen LogP contribution in [0.15, 0.2) is 0 Å². The number of amides is 1. The first-order chi connectivity index (χ1) is 9.30. The lowest BCUT2D eigenvalue weighted by atomic mass is 9.79. The van der Waals surface area contributed by atoms with E-state index in [-0.39, 0.29) is 18.4 Å². The molecule has 0 aromatic heterocycles. The van der Waals surface area contributed by atoms with Crippen molar-refractivity contribution in [1.29, 1.82) is 5.26 Å². The van der Waals surface area contributed by atoms with Crippen molar-refractivity contribution in [3.8, 4) is 6.07 Å². The average Bonchev–Trinajstić information content (AvgIpc) is 2.43. The fourth-order valence-corrected chi connectivity index (χ4v) is 2.37. The second-order valence-electron chi connectivity index (χ2n) is 5.45. The zero-order chi connectivity index (χ0) is 15.3. The molecular formula is C13H20F2N2O3. The smallest absolute Gasteiger partial charge is 0.410 e. The minimum Gasteiger partial charge on any atom is -0.443 e. The Balaban J connectivity index is 2.54. The van der Waals surface area contributed by atoms with E-state index in [9.17, 15) is 13.6 Å². The van der Waals surface area contributed by atoms with Crippen molar-refractivity contribution in [2.24, 2.45) is 17.8 Å². The summed E-state index contributed by atoms with van der Waals surface area (Å²) < 4.78 is 30.1. The van der Waals surface area contributed by atoms with Gasteiger partial charge in [-0.2, -0.15) is 5.26 Å². The number of likely N-dealkylation sites (tertiary alicyclic amines) is 1. The molecule has 0 aromatic rings. The van der Waals surface area contributed by atoms with Crippen LogP contribution in [0.5, 0.6) is 0 Å². The number of rotatable bonds is 4.